The van der Waals surface area contributed by atoms with Crippen molar-refractivity contribution in [3.63, 3.8) is 0 Å². The Balaban J connectivity index is 1.95. The van der Waals surface area contributed by atoms with Gasteiger partial charge in [-0.25, -0.2) is 9.67 Å². The van der Waals surface area contributed by atoms with Gasteiger partial charge in [-0.1, -0.05) is 13.8 Å². The molecule has 0 spiro atoms. The Kier molecular flexibility index (Phi) is 4.38. The van der Waals surface area contributed by atoms with Gasteiger partial charge in [-0.05, 0) is 45.1 Å². The molecule has 0 aromatic carbocycles. The molecule has 0 amide bonds. The normalized spacial score (nSPS) is 17.7. The van der Waals surface area contributed by atoms with E-state index in [-0.39, 0.29) is 0 Å². The van der Waals surface area contributed by atoms with Gasteiger partial charge >= 0.3 is 0 Å². The van der Waals surface area contributed by atoms with Gasteiger partial charge in [0.05, 0.1) is 0 Å². The van der Waals surface area contributed by atoms with Crippen LogP contribution in [0.3, 0.4) is 0 Å². The van der Waals surface area contributed by atoms with Crippen LogP contribution < -0.4 is 5.32 Å². The number of nitrogens with one attached hydrogen (secondary N) is 1. The van der Waals surface area contributed by atoms with Gasteiger partial charge in [-0.3, -0.25) is 0 Å². The van der Waals surface area contributed by atoms with Gasteiger partial charge in [0.1, 0.15) is 12.2 Å². The Morgan fingerprint density at radius 2 is 2.06 bits per heavy atom. The summed E-state index contributed by atoms with van der Waals surface area (Å²) in [6.07, 6.45) is 5.41. The van der Waals surface area contributed by atoms with Crippen LogP contribution in [0.1, 0.15) is 52.4 Å². The molecule has 4 nitrogen and oxygen atoms in total. The molecule has 102 valence electrons. The van der Waals surface area contributed by atoms with Crippen LogP contribution in [0.15, 0.2) is 6.33 Å². The molecule has 4 heteroatoms. The Morgan fingerprint density at radius 3 is 2.61 bits per heavy atom. The largest absolute Gasteiger partial charge is 0.314 e. The molecule has 2 rings (SSSR count). The van der Waals surface area contributed by atoms with E-state index in [9.17, 15) is 0 Å². The molecule has 1 atom stereocenters. The highest BCUT2D eigenvalue weighted by molar-refractivity contribution is 4.91. The standard InChI is InChI=1S/C14H26N4/c1-10(2)12(8-15-13-5-6-13)7-14-16-9-17-18(14)11(3)4/h9-13,15H,5-8H2,1-4H3. The van der Waals surface area contributed by atoms with Crippen LogP contribution in [0, 0.1) is 11.8 Å². The topological polar surface area (TPSA) is 42.7 Å². The maximum Gasteiger partial charge on any atom is 0.138 e. The second-order valence-electron chi connectivity index (χ2n) is 6.11. The molecular weight excluding hydrogens is 224 g/mol. The lowest BCUT2D eigenvalue weighted by molar-refractivity contribution is 0.343. The molecule has 1 aromatic heterocycles. The predicted octanol–water partition coefficient (Wildman–Crippen LogP) is 2.43. The van der Waals surface area contributed by atoms with E-state index in [1.807, 2.05) is 4.68 Å². The van der Waals surface area contributed by atoms with Crippen LogP contribution in [-0.4, -0.2) is 27.4 Å². The fourth-order valence-corrected chi connectivity index (χ4v) is 2.24. The van der Waals surface area contributed by atoms with Crippen molar-refractivity contribution in [3.05, 3.63) is 12.2 Å². The van der Waals surface area contributed by atoms with Crippen molar-refractivity contribution in [3.8, 4) is 0 Å². The minimum atomic E-state index is 0.395. The number of hydrogen-bond donors (Lipinski definition) is 1. The zero-order chi connectivity index (χ0) is 13.1. The lowest BCUT2D eigenvalue weighted by atomic mass is 9.92. The average molecular weight is 250 g/mol. The van der Waals surface area contributed by atoms with E-state index >= 15 is 0 Å². The first-order chi connectivity index (χ1) is 8.58. The fourth-order valence-electron chi connectivity index (χ4n) is 2.24. The van der Waals surface area contributed by atoms with Crippen molar-refractivity contribution >= 4 is 0 Å². The SMILES string of the molecule is CC(C)C(CNC1CC1)Cc1ncnn1C(C)C. The molecule has 18 heavy (non-hydrogen) atoms. The van der Waals surface area contributed by atoms with Gasteiger partial charge in [0.25, 0.3) is 0 Å². The van der Waals surface area contributed by atoms with Crippen LogP contribution in [0.5, 0.6) is 0 Å². The van der Waals surface area contributed by atoms with E-state index in [1.165, 1.54) is 12.8 Å². The molecule has 1 saturated carbocycles. The third-order valence-corrected chi connectivity index (χ3v) is 3.77. The quantitative estimate of drug-likeness (QED) is 0.808. The van der Waals surface area contributed by atoms with Crippen molar-refractivity contribution in [1.82, 2.24) is 20.1 Å². The first-order valence-electron chi connectivity index (χ1n) is 7.19. The zero-order valence-corrected chi connectivity index (χ0v) is 12.1. The molecule has 0 bridgehead atoms. The highest BCUT2D eigenvalue weighted by Gasteiger charge is 2.24. The molecule has 0 radical (unpaired) electrons. The molecule has 1 heterocycles. The summed E-state index contributed by atoms with van der Waals surface area (Å²) >= 11 is 0. The minimum absolute atomic E-state index is 0.395. The van der Waals surface area contributed by atoms with E-state index in [4.69, 9.17) is 0 Å². The maximum atomic E-state index is 4.43. The summed E-state index contributed by atoms with van der Waals surface area (Å²) < 4.78 is 2.05. The Morgan fingerprint density at radius 1 is 1.33 bits per heavy atom. The van der Waals surface area contributed by atoms with Gasteiger partial charge in [-0.2, -0.15) is 5.10 Å². The van der Waals surface area contributed by atoms with Gasteiger partial charge in [0, 0.05) is 18.5 Å². The number of aromatic nitrogens is 3. The first kappa shape index (κ1) is 13.5. The van der Waals surface area contributed by atoms with E-state index in [0.29, 0.717) is 17.9 Å². The lowest BCUT2D eigenvalue weighted by Crippen LogP contribution is -2.30. The zero-order valence-electron chi connectivity index (χ0n) is 12.1. The van der Waals surface area contributed by atoms with Crippen molar-refractivity contribution < 1.29 is 0 Å². The predicted molar refractivity (Wildman–Crippen MR) is 73.5 cm³/mol. The smallest absolute Gasteiger partial charge is 0.138 e. The second-order valence-corrected chi connectivity index (χ2v) is 6.11. The van der Waals surface area contributed by atoms with Crippen molar-refractivity contribution in [2.75, 3.05) is 6.54 Å². The van der Waals surface area contributed by atoms with Crippen LogP contribution in [0.4, 0.5) is 0 Å². The minimum Gasteiger partial charge on any atom is -0.314 e. The summed E-state index contributed by atoms with van der Waals surface area (Å²) in [5.74, 6) is 2.45. The molecule has 1 aromatic rings. The van der Waals surface area contributed by atoms with Crippen LogP contribution in [0.2, 0.25) is 0 Å². The van der Waals surface area contributed by atoms with Gasteiger partial charge in [0.15, 0.2) is 0 Å². The maximum absolute atomic E-state index is 4.43. The summed E-state index contributed by atoms with van der Waals surface area (Å²) in [5.41, 5.74) is 0. The van der Waals surface area contributed by atoms with E-state index in [2.05, 4.69) is 43.1 Å². The molecule has 0 aliphatic heterocycles. The third-order valence-electron chi connectivity index (χ3n) is 3.77. The van der Waals surface area contributed by atoms with Crippen molar-refractivity contribution in [2.24, 2.45) is 11.8 Å². The second kappa shape index (κ2) is 5.83. The monoisotopic (exact) mass is 250 g/mol. The summed E-state index contributed by atoms with van der Waals surface area (Å²) in [6, 6.07) is 1.18. The number of hydrogen-bond acceptors (Lipinski definition) is 3. The van der Waals surface area contributed by atoms with E-state index in [1.54, 1.807) is 6.33 Å². The van der Waals surface area contributed by atoms with Crippen LogP contribution >= 0.6 is 0 Å². The lowest BCUT2D eigenvalue weighted by Gasteiger charge is -2.22. The van der Waals surface area contributed by atoms with Gasteiger partial charge in [-0.15, -0.1) is 0 Å². The number of rotatable bonds is 7. The molecule has 1 aliphatic rings. The molecule has 1 fully saturated rings. The van der Waals surface area contributed by atoms with Crippen molar-refractivity contribution in [2.45, 2.75) is 59.0 Å². The Hall–Kier alpha value is -0.900. The van der Waals surface area contributed by atoms with Crippen LogP contribution in [-0.2, 0) is 6.42 Å². The summed E-state index contributed by atoms with van der Waals surface area (Å²) in [5, 5.41) is 7.96. The average Bonchev–Trinajstić information content (AvgIpc) is 3.01. The van der Waals surface area contributed by atoms with E-state index < -0.39 is 0 Å². The highest BCUT2D eigenvalue weighted by Crippen LogP contribution is 2.22. The van der Waals surface area contributed by atoms with Crippen LogP contribution in [0.25, 0.3) is 0 Å². The Labute approximate surface area is 110 Å². The van der Waals surface area contributed by atoms with Gasteiger partial charge < -0.3 is 5.32 Å². The Bertz CT molecular complexity index is 366. The molecule has 1 aliphatic carbocycles. The summed E-state index contributed by atoms with van der Waals surface area (Å²) in [6.45, 7) is 10.0. The first-order valence-corrected chi connectivity index (χ1v) is 7.19. The van der Waals surface area contributed by atoms with Crippen molar-refractivity contribution in [1.29, 1.82) is 0 Å². The highest BCUT2D eigenvalue weighted by atomic mass is 15.3. The molecule has 0 saturated heterocycles. The third kappa shape index (κ3) is 3.55. The summed E-state index contributed by atoms with van der Waals surface area (Å²) in [7, 11) is 0. The fraction of sp³-hybridized carbons (Fsp3) is 0.857. The van der Waals surface area contributed by atoms with Gasteiger partial charge in [0.2, 0.25) is 0 Å². The molecular formula is C14H26N4. The number of nitrogens with zero attached hydrogens (tertiary/aromatic N) is 3. The summed E-state index contributed by atoms with van der Waals surface area (Å²) in [4.78, 5) is 4.43. The van der Waals surface area contributed by atoms with E-state index in [0.717, 1.165) is 24.8 Å². The molecule has 1 N–H and O–H groups in total. The molecule has 1 unspecified atom stereocenters.